The van der Waals surface area contributed by atoms with Gasteiger partial charge < -0.3 is 0 Å². The van der Waals surface area contributed by atoms with Crippen LogP contribution in [-0.4, -0.2) is 19.4 Å². The average Bonchev–Trinajstić information content (AvgIpc) is 3.04. The van der Waals surface area contributed by atoms with Gasteiger partial charge in [0, 0.05) is 29.2 Å². The third-order valence-electron chi connectivity index (χ3n) is 3.90. The molecule has 24 heavy (non-hydrogen) atoms. The number of hydrogen-bond acceptors (Lipinski definition) is 4. The summed E-state index contributed by atoms with van der Waals surface area (Å²) in [6.07, 6.45) is 5.41. The molecule has 0 aliphatic carbocycles. The van der Waals surface area contributed by atoms with Crippen LogP contribution in [0.2, 0.25) is 0 Å². The van der Waals surface area contributed by atoms with Gasteiger partial charge in [0.15, 0.2) is 0 Å². The maximum atomic E-state index is 9.27. The number of nitrogens with zero attached hydrogens (tertiary/aromatic N) is 5. The predicted molar refractivity (Wildman–Crippen MR) is 91.1 cm³/mol. The van der Waals surface area contributed by atoms with Gasteiger partial charge in [0.05, 0.1) is 11.9 Å². The van der Waals surface area contributed by atoms with Crippen molar-refractivity contribution in [1.82, 2.24) is 19.4 Å². The third-order valence-corrected chi connectivity index (χ3v) is 3.90. The summed E-state index contributed by atoms with van der Waals surface area (Å²) in [7, 11) is 0. The minimum absolute atomic E-state index is 0.421. The quantitative estimate of drug-likeness (QED) is 0.567. The maximum Gasteiger partial charge on any atom is 0.234 e. The molecule has 1 aromatic carbocycles. The van der Waals surface area contributed by atoms with Crippen LogP contribution in [0.3, 0.4) is 0 Å². The lowest BCUT2D eigenvalue weighted by Gasteiger charge is -2.07. The van der Waals surface area contributed by atoms with Crippen LogP contribution in [0.1, 0.15) is 11.4 Å². The second-order valence-corrected chi connectivity index (χ2v) is 5.47. The van der Waals surface area contributed by atoms with Gasteiger partial charge in [-0.05, 0) is 36.8 Å². The average molecular weight is 311 g/mol. The number of pyridine rings is 1. The molecule has 0 saturated carbocycles. The maximum absolute atomic E-state index is 9.27. The van der Waals surface area contributed by atoms with Crippen LogP contribution in [-0.2, 0) is 0 Å². The first-order valence-corrected chi connectivity index (χ1v) is 7.53. The van der Waals surface area contributed by atoms with Crippen LogP contribution in [0.25, 0.3) is 28.2 Å². The van der Waals surface area contributed by atoms with E-state index in [1.807, 2.05) is 66.2 Å². The first-order chi connectivity index (χ1) is 11.8. The lowest BCUT2D eigenvalue weighted by atomic mass is 10.0. The van der Waals surface area contributed by atoms with Crippen LogP contribution >= 0.6 is 0 Å². The molecule has 114 valence electrons. The second kappa shape index (κ2) is 5.60. The Hall–Kier alpha value is -3.52. The van der Waals surface area contributed by atoms with Crippen molar-refractivity contribution in [3.05, 3.63) is 72.4 Å². The minimum atomic E-state index is 0.421. The first kappa shape index (κ1) is 14.1. The summed E-state index contributed by atoms with van der Waals surface area (Å²) in [5.41, 5.74) is 5.10. The molecule has 5 heteroatoms. The summed E-state index contributed by atoms with van der Waals surface area (Å²) >= 11 is 0. The summed E-state index contributed by atoms with van der Waals surface area (Å²) in [6, 6.07) is 15.9. The van der Waals surface area contributed by atoms with E-state index in [1.54, 1.807) is 6.20 Å². The van der Waals surface area contributed by atoms with E-state index in [2.05, 4.69) is 21.0 Å². The molecule has 0 saturated heterocycles. The number of hydrogen-bond donors (Lipinski definition) is 0. The van der Waals surface area contributed by atoms with E-state index < -0.39 is 0 Å². The molecule has 3 heterocycles. The molecule has 0 aliphatic rings. The van der Waals surface area contributed by atoms with E-state index in [9.17, 15) is 5.26 Å². The highest BCUT2D eigenvalue weighted by atomic mass is 15.1. The lowest BCUT2D eigenvalue weighted by Crippen LogP contribution is -1.93. The fourth-order valence-corrected chi connectivity index (χ4v) is 2.75. The number of rotatable bonds is 2. The Morgan fingerprint density at radius 3 is 2.79 bits per heavy atom. The van der Waals surface area contributed by atoms with Crippen molar-refractivity contribution in [2.24, 2.45) is 0 Å². The third kappa shape index (κ3) is 2.31. The lowest BCUT2D eigenvalue weighted by molar-refractivity contribution is 1.07. The van der Waals surface area contributed by atoms with Crippen molar-refractivity contribution in [3.63, 3.8) is 0 Å². The fourth-order valence-electron chi connectivity index (χ4n) is 2.75. The van der Waals surface area contributed by atoms with Crippen LogP contribution in [0.5, 0.6) is 0 Å². The molecule has 4 aromatic rings. The van der Waals surface area contributed by atoms with E-state index in [-0.39, 0.29) is 0 Å². The zero-order chi connectivity index (χ0) is 16.5. The van der Waals surface area contributed by atoms with Gasteiger partial charge in [-0.1, -0.05) is 18.2 Å². The van der Waals surface area contributed by atoms with E-state index in [4.69, 9.17) is 0 Å². The molecule has 0 radical (unpaired) electrons. The van der Waals surface area contributed by atoms with Crippen LogP contribution in [0.15, 0.2) is 61.1 Å². The molecule has 0 aliphatic heterocycles. The Morgan fingerprint density at radius 1 is 1.04 bits per heavy atom. The summed E-state index contributed by atoms with van der Waals surface area (Å²) in [4.78, 5) is 12.9. The Labute approximate surface area is 138 Å². The topological polar surface area (TPSA) is 66.9 Å². The van der Waals surface area contributed by atoms with E-state index in [1.165, 1.54) is 0 Å². The highest BCUT2D eigenvalue weighted by Crippen LogP contribution is 2.28. The van der Waals surface area contributed by atoms with E-state index >= 15 is 0 Å². The molecular formula is C19H13N5. The van der Waals surface area contributed by atoms with Gasteiger partial charge in [0.1, 0.15) is 11.8 Å². The van der Waals surface area contributed by atoms with Crippen molar-refractivity contribution in [2.45, 2.75) is 6.92 Å². The van der Waals surface area contributed by atoms with Crippen molar-refractivity contribution < 1.29 is 0 Å². The Kier molecular flexibility index (Phi) is 3.29. The monoisotopic (exact) mass is 311 g/mol. The number of aromatic nitrogens is 4. The minimum Gasteiger partial charge on any atom is -0.284 e. The number of aryl methyl sites for hydroxylation is 1. The number of fused-ring (bicyclic) bond motifs is 1. The van der Waals surface area contributed by atoms with E-state index in [0.29, 0.717) is 11.5 Å². The largest absolute Gasteiger partial charge is 0.284 e. The van der Waals surface area contributed by atoms with Gasteiger partial charge in [-0.15, -0.1) is 0 Å². The fraction of sp³-hybridized carbons (Fsp3) is 0.0526. The highest BCUT2D eigenvalue weighted by Gasteiger charge is 2.10. The Morgan fingerprint density at radius 2 is 1.92 bits per heavy atom. The molecule has 0 amide bonds. The van der Waals surface area contributed by atoms with Gasteiger partial charge in [0.25, 0.3) is 0 Å². The van der Waals surface area contributed by atoms with Gasteiger partial charge in [0.2, 0.25) is 5.78 Å². The summed E-state index contributed by atoms with van der Waals surface area (Å²) in [6.45, 7) is 1.95. The highest BCUT2D eigenvalue weighted by molar-refractivity contribution is 5.74. The zero-order valence-electron chi connectivity index (χ0n) is 13.0. The number of nitriles is 1. The van der Waals surface area contributed by atoms with Crippen LogP contribution in [0, 0.1) is 18.3 Å². The molecule has 0 bridgehead atoms. The van der Waals surface area contributed by atoms with Crippen molar-refractivity contribution >= 4 is 5.78 Å². The summed E-state index contributed by atoms with van der Waals surface area (Å²) in [5.74, 6) is 0.675. The molecule has 3 aromatic heterocycles. The smallest absolute Gasteiger partial charge is 0.234 e. The molecular weight excluding hydrogens is 298 g/mol. The van der Waals surface area contributed by atoms with Gasteiger partial charge in [-0.25, -0.2) is 15.0 Å². The molecule has 0 N–H and O–H groups in total. The SMILES string of the molecule is Cc1ccn2c(-c3cccc(-c4cccnc4C#N)c3)cnc2n1. The van der Waals surface area contributed by atoms with Crippen molar-refractivity contribution in [2.75, 3.05) is 0 Å². The van der Waals surface area contributed by atoms with Crippen molar-refractivity contribution in [1.29, 1.82) is 5.26 Å². The van der Waals surface area contributed by atoms with Crippen LogP contribution < -0.4 is 0 Å². The van der Waals surface area contributed by atoms with E-state index in [0.717, 1.165) is 28.1 Å². The van der Waals surface area contributed by atoms with Gasteiger partial charge in [-0.2, -0.15) is 5.26 Å². The summed E-state index contributed by atoms with van der Waals surface area (Å²) in [5, 5.41) is 9.27. The first-order valence-electron chi connectivity index (χ1n) is 7.53. The standard InChI is InChI=1S/C19H13N5/c1-13-7-9-24-18(12-22-19(24)23-13)15-5-2-4-14(10-15)16-6-3-8-21-17(16)11-20/h2-10,12H,1H3. The zero-order valence-corrected chi connectivity index (χ0v) is 13.0. The predicted octanol–water partition coefficient (Wildman–Crippen LogP) is 3.64. The molecule has 0 unspecified atom stereocenters. The Bertz CT molecular complexity index is 1090. The normalized spacial score (nSPS) is 10.7. The molecule has 5 nitrogen and oxygen atoms in total. The van der Waals surface area contributed by atoms with Crippen molar-refractivity contribution in [3.8, 4) is 28.5 Å². The summed E-state index contributed by atoms with van der Waals surface area (Å²) < 4.78 is 1.96. The van der Waals surface area contributed by atoms with Gasteiger partial charge in [-0.3, -0.25) is 4.40 Å². The second-order valence-electron chi connectivity index (χ2n) is 5.47. The molecule has 0 atom stereocenters. The Balaban J connectivity index is 1.87. The molecule has 4 rings (SSSR count). The van der Waals surface area contributed by atoms with Crippen LogP contribution in [0.4, 0.5) is 0 Å². The number of benzene rings is 1. The number of imidazole rings is 1. The van der Waals surface area contributed by atoms with Gasteiger partial charge >= 0.3 is 0 Å². The molecule has 0 spiro atoms. The molecule has 0 fully saturated rings.